The van der Waals surface area contributed by atoms with E-state index < -0.39 is 0 Å². The highest BCUT2D eigenvalue weighted by molar-refractivity contribution is 5.94. The molecule has 3 fully saturated rings. The van der Waals surface area contributed by atoms with Crippen molar-refractivity contribution < 1.29 is 9.59 Å². The minimum Gasteiger partial charge on any atom is -0.339 e. The largest absolute Gasteiger partial charge is 0.339 e. The molecule has 1 N–H and O–H groups in total. The van der Waals surface area contributed by atoms with Crippen molar-refractivity contribution in [2.75, 3.05) is 26.2 Å². The van der Waals surface area contributed by atoms with Crippen molar-refractivity contribution in [1.82, 2.24) is 15.1 Å². The van der Waals surface area contributed by atoms with E-state index in [0.717, 1.165) is 24.8 Å². The van der Waals surface area contributed by atoms with Crippen molar-refractivity contribution >= 4 is 11.8 Å². The number of hydrogen-bond acceptors (Lipinski definition) is 3. The number of piperazine rings is 1. The van der Waals surface area contributed by atoms with Gasteiger partial charge in [0.25, 0.3) is 5.91 Å². The van der Waals surface area contributed by atoms with Crippen LogP contribution in [0.4, 0.5) is 0 Å². The average Bonchev–Trinajstić information content (AvgIpc) is 3.05. The topological polar surface area (TPSA) is 52.7 Å². The van der Waals surface area contributed by atoms with Gasteiger partial charge in [0, 0.05) is 50.2 Å². The number of piperidine rings is 1. The zero-order chi connectivity index (χ0) is 18.8. The number of rotatable bonds is 4. The number of amides is 2. The third kappa shape index (κ3) is 4.18. The van der Waals surface area contributed by atoms with Crippen molar-refractivity contribution in [2.24, 2.45) is 5.92 Å². The lowest BCUT2D eigenvalue weighted by Crippen LogP contribution is -2.51. The van der Waals surface area contributed by atoms with Crippen molar-refractivity contribution in [3.63, 3.8) is 0 Å². The number of fused-ring (bicyclic) bond motifs is 2. The lowest BCUT2D eigenvalue weighted by atomic mass is 9.89. The Bertz CT molecular complexity index is 667. The van der Waals surface area contributed by atoms with Crippen molar-refractivity contribution in [3.05, 3.63) is 35.4 Å². The van der Waals surface area contributed by atoms with Gasteiger partial charge in [0.15, 0.2) is 0 Å². The molecule has 5 nitrogen and oxygen atoms in total. The number of aryl methyl sites for hydroxylation is 1. The molecule has 0 saturated carbocycles. The van der Waals surface area contributed by atoms with Crippen LogP contribution in [0.15, 0.2) is 24.3 Å². The van der Waals surface area contributed by atoms with Gasteiger partial charge in [0.2, 0.25) is 5.91 Å². The van der Waals surface area contributed by atoms with Gasteiger partial charge in [0.1, 0.15) is 0 Å². The van der Waals surface area contributed by atoms with Crippen LogP contribution in [0.2, 0.25) is 0 Å². The van der Waals surface area contributed by atoms with E-state index >= 15 is 0 Å². The zero-order valence-electron chi connectivity index (χ0n) is 16.3. The smallest absolute Gasteiger partial charge is 0.253 e. The van der Waals surface area contributed by atoms with Crippen LogP contribution in [0.25, 0.3) is 0 Å². The van der Waals surface area contributed by atoms with Crippen LogP contribution in [0, 0.1) is 5.92 Å². The highest BCUT2D eigenvalue weighted by Crippen LogP contribution is 2.33. The number of carbonyl (C=O) groups excluding carboxylic acids is 2. The van der Waals surface area contributed by atoms with E-state index in [9.17, 15) is 9.59 Å². The Balaban J connectivity index is 1.26. The van der Waals surface area contributed by atoms with E-state index in [4.69, 9.17) is 0 Å². The molecule has 5 heteroatoms. The van der Waals surface area contributed by atoms with Crippen LogP contribution < -0.4 is 5.32 Å². The summed E-state index contributed by atoms with van der Waals surface area (Å²) in [7, 11) is 0. The summed E-state index contributed by atoms with van der Waals surface area (Å²) in [6.45, 7) is 4.71. The summed E-state index contributed by atoms with van der Waals surface area (Å²) in [6.07, 6.45) is 6.50. The number of nitrogens with zero attached hydrogens (tertiary/aromatic N) is 2. The fraction of sp³-hybridized carbons (Fsp3) is 0.636. The molecule has 27 heavy (non-hydrogen) atoms. The third-order valence-electron chi connectivity index (χ3n) is 6.56. The molecule has 0 aliphatic carbocycles. The maximum Gasteiger partial charge on any atom is 0.253 e. The molecule has 2 amide bonds. The quantitative estimate of drug-likeness (QED) is 0.887. The first-order chi connectivity index (χ1) is 13.1. The normalized spacial score (nSPS) is 27.7. The summed E-state index contributed by atoms with van der Waals surface area (Å²) < 4.78 is 0. The van der Waals surface area contributed by atoms with E-state index in [1.54, 1.807) is 0 Å². The summed E-state index contributed by atoms with van der Waals surface area (Å²) >= 11 is 0. The van der Waals surface area contributed by atoms with Gasteiger partial charge < -0.3 is 15.1 Å². The Morgan fingerprint density at radius 3 is 2.15 bits per heavy atom. The van der Waals surface area contributed by atoms with E-state index in [0.29, 0.717) is 50.6 Å². The SMILES string of the molecule is CCc1ccc(C(=O)N2CCN(C(=O)CC3CC4CCC(C3)N4)CC2)cc1. The molecule has 3 aliphatic rings. The summed E-state index contributed by atoms with van der Waals surface area (Å²) in [5, 5.41) is 3.64. The lowest BCUT2D eigenvalue weighted by Gasteiger charge is -2.36. The van der Waals surface area contributed by atoms with Crippen LogP contribution in [0.5, 0.6) is 0 Å². The average molecular weight is 370 g/mol. The van der Waals surface area contributed by atoms with Gasteiger partial charge in [-0.25, -0.2) is 0 Å². The van der Waals surface area contributed by atoms with Crippen LogP contribution in [-0.4, -0.2) is 59.9 Å². The summed E-state index contributed by atoms with van der Waals surface area (Å²) in [4.78, 5) is 29.3. The molecule has 2 unspecified atom stereocenters. The van der Waals surface area contributed by atoms with Gasteiger partial charge in [-0.2, -0.15) is 0 Å². The van der Waals surface area contributed by atoms with E-state index in [1.165, 1.54) is 18.4 Å². The fourth-order valence-electron chi connectivity index (χ4n) is 4.94. The molecule has 1 aromatic carbocycles. The summed E-state index contributed by atoms with van der Waals surface area (Å²) in [5.41, 5.74) is 1.99. The van der Waals surface area contributed by atoms with Crippen LogP contribution in [0.1, 0.15) is 54.9 Å². The van der Waals surface area contributed by atoms with Crippen LogP contribution in [-0.2, 0) is 11.2 Å². The number of hydrogen-bond donors (Lipinski definition) is 1. The molecule has 3 aliphatic heterocycles. The highest BCUT2D eigenvalue weighted by Gasteiger charge is 2.35. The first-order valence-electron chi connectivity index (χ1n) is 10.5. The third-order valence-corrected chi connectivity index (χ3v) is 6.56. The van der Waals surface area contributed by atoms with Gasteiger partial charge in [-0.1, -0.05) is 19.1 Å². The van der Waals surface area contributed by atoms with Gasteiger partial charge in [-0.15, -0.1) is 0 Å². The number of nitrogens with one attached hydrogen (secondary N) is 1. The lowest BCUT2D eigenvalue weighted by molar-refractivity contribution is -0.134. The maximum absolute atomic E-state index is 12.7. The maximum atomic E-state index is 12.7. The Kier molecular flexibility index (Phi) is 5.48. The van der Waals surface area contributed by atoms with E-state index in [2.05, 4.69) is 12.2 Å². The Labute approximate surface area is 162 Å². The molecule has 0 aromatic heterocycles. The van der Waals surface area contributed by atoms with Gasteiger partial charge in [0.05, 0.1) is 0 Å². The van der Waals surface area contributed by atoms with Crippen LogP contribution in [0.3, 0.4) is 0 Å². The molecule has 0 spiro atoms. The first-order valence-corrected chi connectivity index (χ1v) is 10.5. The van der Waals surface area contributed by atoms with Crippen molar-refractivity contribution in [3.8, 4) is 0 Å². The summed E-state index contributed by atoms with van der Waals surface area (Å²) in [5.74, 6) is 0.897. The standard InChI is InChI=1S/C22H31N3O2/c1-2-16-3-5-18(6-4-16)22(27)25-11-9-24(10-12-25)21(26)15-17-13-19-7-8-20(14-17)23-19/h3-6,17,19-20,23H,2,7-15H2,1H3. The molecule has 146 valence electrons. The molecule has 1 aromatic rings. The second-order valence-electron chi connectivity index (χ2n) is 8.40. The van der Waals surface area contributed by atoms with Gasteiger partial charge >= 0.3 is 0 Å². The minimum absolute atomic E-state index is 0.0830. The molecule has 3 heterocycles. The Morgan fingerprint density at radius 1 is 0.963 bits per heavy atom. The van der Waals surface area contributed by atoms with Gasteiger partial charge in [-0.3, -0.25) is 9.59 Å². The number of benzene rings is 1. The second kappa shape index (κ2) is 8.01. The predicted molar refractivity (Wildman–Crippen MR) is 106 cm³/mol. The highest BCUT2D eigenvalue weighted by atomic mass is 16.2. The van der Waals surface area contributed by atoms with E-state index in [-0.39, 0.29) is 11.8 Å². The molecule has 2 atom stereocenters. The molecular weight excluding hydrogens is 338 g/mol. The van der Waals surface area contributed by atoms with Gasteiger partial charge in [-0.05, 0) is 55.7 Å². The van der Waals surface area contributed by atoms with Crippen LogP contribution >= 0.6 is 0 Å². The monoisotopic (exact) mass is 369 g/mol. The predicted octanol–water partition coefficient (Wildman–Crippen LogP) is 2.45. The molecule has 4 rings (SSSR count). The molecular formula is C22H31N3O2. The second-order valence-corrected chi connectivity index (χ2v) is 8.40. The summed E-state index contributed by atoms with van der Waals surface area (Å²) in [6, 6.07) is 9.16. The fourth-order valence-corrected chi connectivity index (χ4v) is 4.94. The van der Waals surface area contributed by atoms with Crippen molar-refractivity contribution in [1.29, 1.82) is 0 Å². The Morgan fingerprint density at radius 2 is 1.56 bits per heavy atom. The van der Waals surface area contributed by atoms with E-state index in [1.807, 2.05) is 34.1 Å². The Hall–Kier alpha value is -1.88. The molecule has 0 radical (unpaired) electrons. The van der Waals surface area contributed by atoms with Crippen molar-refractivity contribution in [2.45, 2.75) is 57.5 Å². The number of carbonyl (C=O) groups is 2. The molecule has 2 bridgehead atoms. The first kappa shape index (κ1) is 18.5. The molecule has 3 saturated heterocycles. The zero-order valence-corrected chi connectivity index (χ0v) is 16.3. The minimum atomic E-state index is 0.0830.